The highest BCUT2D eigenvalue weighted by atomic mass is 16.1. The summed E-state index contributed by atoms with van der Waals surface area (Å²) in [6, 6.07) is 0. The van der Waals surface area contributed by atoms with Gasteiger partial charge < -0.3 is 5.73 Å². The van der Waals surface area contributed by atoms with Crippen LogP contribution in [-0.4, -0.2) is 5.91 Å². The Balaban J connectivity index is 2.82. The van der Waals surface area contributed by atoms with Gasteiger partial charge in [0.2, 0.25) is 5.91 Å². The topological polar surface area (TPSA) is 43.1 Å². The largest absolute Gasteiger partial charge is 0.366 e. The summed E-state index contributed by atoms with van der Waals surface area (Å²) in [5, 5.41) is 0. The third-order valence-electron chi connectivity index (χ3n) is 2.43. The molecule has 0 saturated carbocycles. The maximum atomic E-state index is 10.8. The van der Waals surface area contributed by atoms with E-state index in [0.717, 1.165) is 18.4 Å². The lowest BCUT2D eigenvalue weighted by Gasteiger charge is -2.25. The Labute approximate surface area is 79.5 Å². The minimum absolute atomic E-state index is 0.208. The molecule has 0 fully saturated rings. The van der Waals surface area contributed by atoms with E-state index in [4.69, 9.17) is 5.73 Å². The third kappa shape index (κ3) is 2.44. The van der Waals surface area contributed by atoms with Crippen LogP contribution >= 0.6 is 0 Å². The van der Waals surface area contributed by atoms with Gasteiger partial charge in [0.05, 0.1) is 0 Å². The van der Waals surface area contributed by atoms with E-state index < -0.39 is 0 Å². The van der Waals surface area contributed by atoms with Crippen LogP contribution in [0.3, 0.4) is 0 Å². The second-order valence-electron chi connectivity index (χ2n) is 4.50. The second-order valence-corrected chi connectivity index (χ2v) is 4.50. The Kier molecular flexibility index (Phi) is 2.60. The van der Waals surface area contributed by atoms with E-state index >= 15 is 0 Å². The highest BCUT2D eigenvalue weighted by molar-refractivity contribution is 5.92. The standard InChI is InChI=1S/C11H17NO/c1-11(2,3)9-6-4-8(5-7-9)10(12)13/h4,6H,5,7H2,1-3H3,(H2,12,13). The molecule has 0 saturated heterocycles. The molecule has 72 valence electrons. The van der Waals surface area contributed by atoms with Gasteiger partial charge in [-0.3, -0.25) is 4.79 Å². The first-order valence-corrected chi connectivity index (χ1v) is 4.61. The molecule has 0 unspecified atom stereocenters. The minimum Gasteiger partial charge on any atom is -0.366 e. The summed E-state index contributed by atoms with van der Waals surface area (Å²) in [6.45, 7) is 6.55. The monoisotopic (exact) mass is 179 g/mol. The van der Waals surface area contributed by atoms with Crippen molar-refractivity contribution in [3.05, 3.63) is 23.3 Å². The fraction of sp³-hybridized carbons (Fsp3) is 0.545. The van der Waals surface area contributed by atoms with E-state index in [1.807, 2.05) is 12.2 Å². The van der Waals surface area contributed by atoms with E-state index in [1.165, 1.54) is 5.57 Å². The number of nitrogens with two attached hydrogens (primary N) is 1. The Morgan fingerprint density at radius 3 is 2.23 bits per heavy atom. The first-order valence-electron chi connectivity index (χ1n) is 4.61. The van der Waals surface area contributed by atoms with Gasteiger partial charge in [0.1, 0.15) is 0 Å². The van der Waals surface area contributed by atoms with Crippen molar-refractivity contribution in [1.29, 1.82) is 0 Å². The van der Waals surface area contributed by atoms with Crippen molar-refractivity contribution in [3.63, 3.8) is 0 Å². The maximum Gasteiger partial charge on any atom is 0.244 e. The van der Waals surface area contributed by atoms with Gasteiger partial charge in [-0.15, -0.1) is 0 Å². The molecule has 0 bridgehead atoms. The van der Waals surface area contributed by atoms with E-state index in [-0.39, 0.29) is 11.3 Å². The molecule has 0 spiro atoms. The van der Waals surface area contributed by atoms with Gasteiger partial charge in [-0.1, -0.05) is 38.5 Å². The lowest BCUT2D eigenvalue weighted by Crippen LogP contribution is -2.18. The van der Waals surface area contributed by atoms with E-state index in [0.29, 0.717) is 0 Å². The summed E-state index contributed by atoms with van der Waals surface area (Å²) < 4.78 is 0. The van der Waals surface area contributed by atoms with Gasteiger partial charge in [-0.2, -0.15) is 0 Å². The van der Waals surface area contributed by atoms with Crippen LogP contribution in [0.5, 0.6) is 0 Å². The van der Waals surface area contributed by atoms with Crippen molar-refractivity contribution in [3.8, 4) is 0 Å². The summed E-state index contributed by atoms with van der Waals surface area (Å²) in [5.41, 5.74) is 7.52. The Morgan fingerprint density at radius 1 is 1.31 bits per heavy atom. The number of hydrogen-bond donors (Lipinski definition) is 1. The Morgan fingerprint density at radius 2 is 1.92 bits per heavy atom. The highest BCUT2D eigenvalue weighted by Gasteiger charge is 2.19. The molecule has 0 aromatic carbocycles. The summed E-state index contributed by atoms with van der Waals surface area (Å²) in [6.07, 6.45) is 5.63. The average molecular weight is 179 g/mol. The summed E-state index contributed by atoms with van der Waals surface area (Å²) in [4.78, 5) is 10.8. The van der Waals surface area contributed by atoms with Crippen molar-refractivity contribution in [2.24, 2.45) is 11.1 Å². The van der Waals surface area contributed by atoms with E-state index in [1.54, 1.807) is 0 Å². The lowest BCUT2D eigenvalue weighted by molar-refractivity contribution is -0.114. The Bertz CT molecular complexity index is 279. The molecular weight excluding hydrogens is 162 g/mol. The van der Waals surface area contributed by atoms with Crippen molar-refractivity contribution >= 4 is 5.91 Å². The van der Waals surface area contributed by atoms with Crippen LogP contribution in [0.15, 0.2) is 23.3 Å². The fourth-order valence-corrected chi connectivity index (χ4v) is 1.47. The molecule has 2 N–H and O–H groups in total. The second kappa shape index (κ2) is 3.36. The van der Waals surface area contributed by atoms with Gasteiger partial charge in [-0.25, -0.2) is 0 Å². The smallest absolute Gasteiger partial charge is 0.244 e. The quantitative estimate of drug-likeness (QED) is 0.658. The number of hydrogen-bond acceptors (Lipinski definition) is 1. The number of amides is 1. The molecule has 0 radical (unpaired) electrons. The number of carbonyl (C=O) groups excluding carboxylic acids is 1. The zero-order valence-electron chi connectivity index (χ0n) is 8.55. The van der Waals surface area contributed by atoms with Crippen LogP contribution in [0.4, 0.5) is 0 Å². The number of allylic oxidation sites excluding steroid dienone is 3. The molecule has 0 aliphatic heterocycles. The SMILES string of the molecule is CC(C)(C)C1=CC=C(C(N)=O)CC1. The molecule has 0 aromatic rings. The minimum atomic E-state index is -0.288. The molecule has 2 heteroatoms. The van der Waals surface area contributed by atoms with E-state index in [2.05, 4.69) is 20.8 Å². The lowest BCUT2D eigenvalue weighted by atomic mass is 9.80. The van der Waals surface area contributed by atoms with Crippen LogP contribution < -0.4 is 5.73 Å². The number of rotatable bonds is 1. The van der Waals surface area contributed by atoms with Crippen molar-refractivity contribution in [2.45, 2.75) is 33.6 Å². The normalized spacial score (nSPS) is 17.8. The van der Waals surface area contributed by atoms with Crippen molar-refractivity contribution in [2.75, 3.05) is 0 Å². The molecule has 1 aliphatic rings. The Hall–Kier alpha value is -1.05. The molecule has 2 nitrogen and oxygen atoms in total. The summed E-state index contributed by atoms with van der Waals surface area (Å²) in [7, 11) is 0. The van der Waals surface area contributed by atoms with Gasteiger partial charge >= 0.3 is 0 Å². The van der Waals surface area contributed by atoms with Gasteiger partial charge in [0, 0.05) is 5.57 Å². The maximum absolute atomic E-state index is 10.8. The predicted molar refractivity (Wildman–Crippen MR) is 54.0 cm³/mol. The van der Waals surface area contributed by atoms with Gasteiger partial charge in [-0.05, 0) is 18.3 Å². The van der Waals surface area contributed by atoms with Crippen LogP contribution in [-0.2, 0) is 4.79 Å². The van der Waals surface area contributed by atoms with Crippen LogP contribution in [0, 0.1) is 5.41 Å². The molecule has 1 rings (SSSR count). The highest BCUT2D eigenvalue weighted by Crippen LogP contribution is 2.32. The van der Waals surface area contributed by atoms with Crippen molar-refractivity contribution in [1.82, 2.24) is 0 Å². The zero-order valence-corrected chi connectivity index (χ0v) is 8.55. The fourth-order valence-electron chi connectivity index (χ4n) is 1.47. The summed E-state index contributed by atoms with van der Waals surface area (Å²) in [5.74, 6) is -0.288. The first-order chi connectivity index (χ1) is 5.91. The molecule has 0 atom stereocenters. The first kappa shape index (κ1) is 10.0. The molecule has 1 amide bonds. The molecule has 0 aromatic heterocycles. The van der Waals surface area contributed by atoms with Crippen molar-refractivity contribution < 1.29 is 4.79 Å². The molecular formula is C11H17NO. The molecule has 0 heterocycles. The average Bonchev–Trinajstić information content (AvgIpc) is 2.03. The van der Waals surface area contributed by atoms with E-state index in [9.17, 15) is 4.79 Å². The van der Waals surface area contributed by atoms with Gasteiger partial charge in [0.15, 0.2) is 0 Å². The molecule has 13 heavy (non-hydrogen) atoms. The number of carbonyl (C=O) groups is 1. The third-order valence-corrected chi connectivity index (χ3v) is 2.43. The zero-order chi connectivity index (χ0) is 10.1. The molecule has 1 aliphatic carbocycles. The van der Waals surface area contributed by atoms with Gasteiger partial charge in [0.25, 0.3) is 0 Å². The predicted octanol–water partition coefficient (Wildman–Crippen LogP) is 2.16. The van der Waals surface area contributed by atoms with Crippen LogP contribution in [0.25, 0.3) is 0 Å². The number of primary amides is 1. The van der Waals surface area contributed by atoms with Crippen LogP contribution in [0.1, 0.15) is 33.6 Å². The van der Waals surface area contributed by atoms with Crippen LogP contribution in [0.2, 0.25) is 0 Å². The summed E-state index contributed by atoms with van der Waals surface area (Å²) >= 11 is 0.